The normalized spacial score (nSPS) is 15.3. The Morgan fingerprint density at radius 2 is 1.63 bits per heavy atom. The van der Waals surface area contributed by atoms with Crippen LogP contribution in [0.15, 0.2) is 30.3 Å². The Bertz CT molecular complexity index is 1270. The number of benzene rings is 2. The quantitative estimate of drug-likeness (QED) is 0.176. The van der Waals surface area contributed by atoms with Crippen molar-refractivity contribution < 1.29 is 42.9 Å². The molecule has 1 aliphatic heterocycles. The van der Waals surface area contributed by atoms with Gasteiger partial charge in [0, 0.05) is 17.4 Å². The summed E-state index contributed by atoms with van der Waals surface area (Å²) in [4.78, 5) is 23.9. The Hall–Kier alpha value is -4.40. The molecule has 2 aromatic rings. The molecule has 41 heavy (non-hydrogen) atoms. The van der Waals surface area contributed by atoms with E-state index in [1.54, 1.807) is 30.3 Å². The first-order valence-electron chi connectivity index (χ1n) is 13.1. The molecule has 0 saturated carbocycles. The molecule has 0 spiro atoms. The van der Waals surface area contributed by atoms with Crippen molar-refractivity contribution in [1.82, 2.24) is 0 Å². The van der Waals surface area contributed by atoms with Gasteiger partial charge in [-0.1, -0.05) is 26.0 Å². The summed E-state index contributed by atoms with van der Waals surface area (Å²) in [6.07, 6.45) is -2.25. The van der Waals surface area contributed by atoms with Crippen molar-refractivity contribution in [2.45, 2.75) is 63.9 Å². The van der Waals surface area contributed by atoms with Crippen LogP contribution in [0.1, 0.15) is 45.6 Å². The van der Waals surface area contributed by atoms with Crippen LogP contribution < -0.4 is 28.4 Å². The highest BCUT2D eigenvalue weighted by Gasteiger charge is 2.45. The number of nitrogens with zero attached hydrogens (tertiary/aromatic N) is 2. The van der Waals surface area contributed by atoms with Crippen LogP contribution in [0.4, 0.5) is 0 Å². The lowest BCUT2D eigenvalue weighted by molar-refractivity contribution is -0.537. The highest BCUT2D eigenvalue weighted by Crippen LogP contribution is 2.53. The molecule has 222 valence electrons. The molecular formula is C29H36N2O10. The minimum atomic E-state index is -1.37. The second kappa shape index (κ2) is 13.3. The van der Waals surface area contributed by atoms with E-state index in [9.17, 15) is 20.2 Å². The zero-order valence-corrected chi connectivity index (χ0v) is 24.3. The maximum absolute atomic E-state index is 12.3. The van der Waals surface area contributed by atoms with E-state index in [2.05, 4.69) is 6.07 Å². The number of fused-ring (bicyclic) bond motifs is 1. The number of rotatable bonds is 14. The van der Waals surface area contributed by atoms with Gasteiger partial charge in [0.2, 0.25) is 17.8 Å². The van der Waals surface area contributed by atoms with Gasteiger partial charge >= 0.3 is 5.97 Å². The molecule has 0 radical (unpaired) electrons. The highest BCUT2D eigenvalue weighted by atomic mass is 16.7. The molecule has 3 unspecified atom stereocenters. The molecule has 1 aliphatic rings. The van der Waals surface area contributed by atoms with E-state index in [-0.39, 0.29) is 42.4 Å². The van der Waals surface area contributed by atoms with Gasteiger partial charge in [0.1, 0.15) is 0 Å². The molecule has 0 aliphatic carbocycles. The minimum Gasteiger partial charge on any atom is -0.493 e. The Kier molecular flexibility index (Phi) is 10.1. The number of methoxy groups -OCH3 is 4. The number of esters is 1. The van der Waals surface area contributed by atoms with Gasteiger partial charge < -0.3 is 33.2 Å². The van der Waals surface area contributed by atoms with Gasteiger partial charge in [-0.2, -0.15) is 5.26 Å². The molecule has 2 aromatic carbocycles. The Labute approximate surface area is 239 Å². The van der Waals surface area contributed by atoms with E-state index in [0.29, 0.717) is 22.8 Å². The predicted molar refractivity (Wildman–Crippen MR) is 146 cm³/mol. The fourth-order valence-electron chi connectivity index (χ4n) is 5.18. The van der Waals surface area contributed by atoms with Crippen molar-refractivity contribution in [2.75, 3.05) is 28.4 Å². The number of nitro groups is 1. The molecule has 1 heterocycles. The zero-order valence-electron chi connectivity index (χ0n) is 24.3. The average molecular weight is 573 g/mol. The third-order valence-electron chi connectivity index (χ3n) is 7.29. The maximum atomic E-state index is 12.3. The molecule has 0 aromatic heterocycles. The van der Waals surface area contributed by atoms with Crippen LogP contribution in [-0.4, -0.2) is 57.8 Å². The smallest absolute Gasteiger partial charge is 0.303 e. The van der Waals surface area contributed by atoms with E-state index in [4.69, 9.17) is 33.2 Å². The summed E-state index contributed by atoms with van der Waals surface area (Å²) in [7, 11) is 5.80. The second-order valence-electron chi connectivity index (χ2n) is 9.85. The summed E-state index contributed by atoms with van der Waals surface area (Å²) in [5.74, 6) is 1.05. The fraction of sp³-hybridized carbons (Fsp3) is 0.517. The second-order valence-corrected chi connectivity index (χ2v) is 9.85. The number of hydrogen-bond acceptors (Lipinski definition) is 11. The summed E-state index contributed by atoms with van der Waals surface area (Å²) in [5, 5.41) is 22.9. The van der Waals surface area contributed by atoms with Crippen LogP contribution in [0.2, 0.25) is 0 Å². The van der Waals surface area contributed by atoms with Crippen LogP contribution in [-0.2, 0) is 14.9 Å². The van der Waals surface area contributed by atoms with Gasteiger partial charge in [-0.3, -0.25) is 14.9 Å². The van der Waals surface area contributed by atoms with Gasteiger partial charge in [-0.15, -0.1) is 0 Å². The van der Waals surface area contributed by atoms with Crippen molar-refractivity contribution >= 4 is 5.97 Å². The molecular weight excluding hydrogens is 536 g/mol. The topological polar surface area (TPSA) is 149 Å². The lowest BCUT2D eigenvalue weighted by atomic mass is 9.68. The maximum Gasteiger partial charge on any atom is 0.303 e. The predicted octanol–water partition coefficient (Wildman–Crippen LogP) is 4.68. The number of hydrogen-bond donors (Lipinski definition) is 0. The fourth-order valence-corrected chi connectivity index (χ4v) is 5.18. The lowest BCUT2D eigenvalue weighted by Crippen LogP contribution is -2.43. The van der Waals surface area contributed by atoms with Crippen LogP contribution in [0.5, 0.6) is 34.5 Å². The zero-order chi connectivity index (χ0) is 30.3. The van der Waals surface area contributed by atoms with Crippen LogP contribution in [0.3, 0.4) is 0 Å². The monoisotopic (exact) mass is 572 g/mol. The Morgan fingerprint density at radius 1 is 1.05 bits per heavy atom. The number of ether oxygens (including phenoxy) is 7. The summed E-state index contributed by atoms with van der Waals surface area (Å²) < 4.78 is 39.3. The first-order chi connectivity index (χ1) is 19.6. The van der Waals surface area contributed by atoms with Gasteiger partial charge in [-0.25, -0.2) is 0 Å². The van der Waals surface area contributed by atoms with Crippen molar-refractivity contribution in [3.05, 3.63) is 46.0 Å². The van der Waals surface area contributed by atoms with E-state index in [1.165, 1.54) is 35.4 Å². The van der Waals surface area contributed by atoms with Gasteiger partial charge in [0.15, 0.2) is 29.1 Å². The highest BCUT2D eigenvalue weighted by molar-refractivity contribution is 5.66. The summed E-state index contributed by atoms with van der Waals surface area (Å²) in [6, 6.07) is 9.63. The molecule has 0 bridgehead atoms. The van der Waals surface area contributed by atoms with Gasteiger partial charge in [-0.05, 0) is 37.0 Å². The molecule has 3 atom stereocenters. The lowest BCUT2D eigenvalue weighted by Gasteiger charge is -2.35. The van der Waals surface area contributed by atoms with E-state index >= 15 is 0 Å². The van der Waals surface area contributed by atoms with Crippen LogP contribution >= 0.6 is 0 Å². The number of para-hydroxylation sites is 2. The summed E-state index contributed by atoms with van der Waals surface area (Å²) >= 11 is 0. The van der Waals surface area contributed by atoms with E-state index in [0.717, 1.165) is 0 Å². The number of nitriles is 1. The van der Waals surface area contributed by atoms with Gasteiger partial charge in [0.05, 0.1) is 46.3 Å². The van der Waals surface area contributed by atoms with Crippen molar-refractivity contribution in [2.24, 2.45) is 5.92 Å². The van der Waals surface area contributed by atoms with Crippen molar-refractivity contribution in [3.63, 3.8) is 0 Å². The Balaban J connectivity index is 2.01. The molecule has 12 nitrogen and oxygen atoms in total. The third-order valence-corrected chi connectivity index (χ3v) is 7.29. The first-order valence-corrected chi connectivity index (χ1v) is 13.1. The Morgan fingerprint density at radius 3 is 2.07 bits per heavy atom. The molecule has 0 saturated heterocycles. The van der Waals surface area contributed by atoms with Gasteiger partial charge in [0.25, 0.3) is 6.04 Å². The largest absolute Gasteiger partial charge is 0.493 e. The van der Waals surface area contributed by atoms with Crippen molar-refractivity contribution in [1.29, 1.82) is 5.26 Å². The average Bonchev–Trinajstić information content (AvgIpc) is 3.37. The molecule has 0 N–H and O–H groups in total. The third kappa shape index (κ3) is 6.34. The minimum absolute atomic E-state index is 0.0174. The van der Waals surface area contributed by atoms with Crippen LogP contribution in [0.25, 0.3) is 0 Å². The summed E-state index contributed by atoms with van der Waals surface area (Å²) in [6.45, 7) is 4.90. The first kappa shape index (κ1) is 31.1. The number of carbonyl (C=O) groups excluding carboxylic acids is 1. The standard InChI is InChI=1S/C29H36N2O10/c1-17(2)29(16-30,19-14-24(35-4)27(37-6)28(38-7)26(19)36-5)13-12-21(39-18(3)32)20(31(33)34)15-25-40-22-10-8-9-11-23(22)41-25/h8-11,14,17,20-21,25H,12-13,15H2,1-7H3. The SMILES string of the molecule is COc1cc(C(C#N)(CCC(OC(C)=O)C(CC2Oc3ccccc3O2)[N+](=O)[O-])C(C)C)c(OC)c(OC)c1OC. The molecule has 0 amide bonds. The van der Waals surface area contributed by atoms with E-state index in [1.807, 2.05) is 13.8 Å². The summed E-state index contributed by atoms with van der Waals surface area (Å²) in [5.41, 5.74) is -0.807. The molecule has 0 fully saturated rings. The van der Waals surface area contributed by atoms with E-state index < -0.39 is 34.7 Å². The van der Waals surface area contributed by atoms with Crippen LogP contribution in [0, 0.1) is 27.4 Å². The molecule has 12 heteroatoms. The molecule has 3 rings (SSSR count). The van der Waals surface area contributed by atoms with Crippen molar-refractivity contribution in [3.8, 4) is 40.6 Å². The number of carbonyl (C=O) groups is 1.